The maximum atomic E-state index is 12.6. The molecule has 2 unspecified atom stereocenters. The zero-order valence-electron chi connectivity index (χ0n) is 25.3. The molecule has 222 valence electrons. The molecule has 5 N–H and O–H groups in total. The molecule has 5 rings (SSSR count). The third-order valence-electron chi connectivity index (χ3n) is 12.4. The van der Waals surface area contributed by atoms with E-state index < -0.39 is 6.10 Å². The number of nitrogens with zero attached hydrogens (tertiary/aromatic N) is 1. The minimum atomic E-state index is -0.947. The summed E-state index contributed by atoms with van der Waals surface area (Å²) in [6.45, 7) is 15.1. The second-order valence-electron chi connectivity index (χ2n) is 14.3. The van der Waals surface area contributed by atoms with Gasteiger partial charge >= 0.3 is 6.03 Å². The van der Waals surface area contributed by atoms with E-state index in [9.17, 15) is 15.0 Å². The van der Waals surface area contributed by atoms with Crippen LogP contribution in [0.4, 0.5) is 4.79 Å². The molecule has 0 spiro atoms. The fraction of sp³-hybridized carbons (Fsp3) is 0.727. The number of nitrogens with two attached hydrogens (primary N) is 1. The first kappa shape index (κ1) is 29.4. The summed E-state index contributed by atoms with van der Waals surface area (Å²) < 4.78 is 5.49. The van der Waals surface area contributed by atoms with E-state index in [1.54, 1.807) is 0 Å². The lowest BCUT2D eigenvalue weighted by Gasteiger charge is -2.70. The van der Waals surface area contributed by atoms with Gasteiger partial charge in [0, 0.05) is 18.0 Å². The summed E-state index contributed by atoms with van der Waals surface area (Å²) in [6.07, 6.45) is 11.7. The van der Waals surface area contributed by atoms with Gasteiger partial charge in [-0.2, -0.15) is 0 Å². The third kappa shape index (κ3) is 4.13. The highest BCUT2D eigenvalue weighted by molar-refractivity contribution is 5.72. The fourth-order valence-electron chi connectivity index (χ4n) is 9.88. The molecule has 40 heavy (non-hydrogen) atoms. The lowest BCUT2D eigenvalue weighted by molar-refractivity contribution is -0.159. The first-order valence-corrected chi connectivity index (χ1v) is 15.2. The van der Waals surface area contributed by atoms with Crippen LogP contribution < -0.4 is 5.73 Å². The number of hydrogen-bond acceptors (Lipinski definition) is 5. The molecule has 0 saturated heterocycles. The smallest absolute Gasteiger partial charge is 0.315 e. The molecule has 3 saturated carbocycles. The Balaban J connectivity index is 1.47. The lowest BCUT2D eigenvalue weighted by Crippen LogP contribution is -2.64. The second-order valence-corrected chi connectivity index (χ2v) is 14.3. The van der Waals surface area contributed by atoms with E-state index in [2.05, 4.69) is 46.8 Å². The van der Waals surface area contributed by atoms with Gasteiger partial charge in [0.1, 0.15) is 11.9 Å². The highest BCUT2D eigenvalue weighted by Gasteiger charge is 2.66. The Hall–Kier alpha value is -2.09. The van der Waals surface area contributed by atoms with Gasteiger partial charge in [0.2, 0.25) is 0 Å². The molecule has 0 radical (unpaired) electrons. The van der Waals surface area contributed by atoms with Crippen LogP contribution in [0.15, 0.2) is 46.3 Å². The first-order valence-electron chi connectivity index (χ1n) is 15.2. The Morgan fingerprint density at radius 1 is 1.12 bits per heavy atom. The monoisotopic (exact) mass is 554 g/mol. The van der Waals surface area contributed by atoms with Crippen molar-refractivity contribution in [1.29, 1.82) is 0 Å². The van der Waals surface area contributed by atoms with Gasteiger partial charge in [0.05, 0.1) is 19.8 Å². The van der Waals surface area contributed by atoms with Gasteiger partial charge in [-0.05, 0) is 96.3 Å². The number of carbonyl (C=O) groups is 1. The van der Waals surface area contributed by atoms with Crippen molar-refractivity contribution < 1.29 is 24.9 Å². The van der Waals surface area contributed by atoms with Crippen molar-refractivity contribution in [3.8, 4) is 0 Å². The predicted octanol–water partition coefficient (Wildman–Crippen LogP) is 5.40. The molecular formula is C33H50N2O5. The number of aliphatic hydroxyl groups is 3. The summed E-state index contributed by atoms with van der Waals surface area (Å²) in [7, 11) is 0. The number of fused-ring (bicyclic) bond motifs is 7. The highest BCUT2D eigenvalue weighted by atomic mass is 16.5. The standard InChI is InChI=1S/C33H50N2O5/c1-20-17-27-30(3,19-24(20)35(29(34)39)13-15-40-16-14-36)9-11-32(5)26-8-7-22-21(2)28(38)25(37)18-23(22)31(26,4)10-12-33(27,32)6/h7-8,18,20,24-25,27,36-38H,9-17,19H2,1-6H3,(H2,34,39)/t20-,24?,25?,27-,30+,31+,32-,33+/m1/s1. The normalized spacial score (nSPS) is 42.5. The zero-order valence-corrected chi connectivity index (χ0v) is 25.3. The van der Waals surface area contributed by atoms with Crippen LogP contribution in [0.3, 0.4) is 0 Å². The number of allylic oxidation sites excluding steroid dienone is 6. The van der Waals surface area contributed by atoms with Crippen molar-refractivity contribution in [2.45, 2.75) is 92.2 Å². The van der Waals surface area contributed by atoms with Gasteiger partial charge < -0.3 is 30.7 Å². The van der Waals surface area contributed by atoms with Crippen LogP contribution in [0, 0.1) is 33.5 Å². The Bertz CT molecular complexity index is 1190. The maximum Gasteiger partial charge on any atom is 0.315 e. The number of ether oxygens (including phenoxy) is 1. The molecule has 3 fully saturated rings. The number of urea groups is 1. The molecule has 7 heteroatoms. The number of carbonyl (C=O) groups excluding carboxylic acids is 1. The van der Waals surface area contributed by atoms with E-state index in [-0.39, 0.29) is 52.7 Å². The molecular weight excluding hydrogens is 504 g/mol. The zero-order chi connectivity index (χ0) is 29.3. The van der Waals surface area contributed by atoms with Crippen LogP contribution in [0.5, 0.6) is 0 Å². The van der Waals surface area contributed by atoms with Gasteiger partial charge in [-0.3, -0.25) is 0 Å². The van der Waals surface area contributed by atoms with Crippen molar-refractivity contribution in [3.63, 3.8) is 0 Å². The van der Waals surface area contributed by atoms with Crippen LogP contribution in [-0.4, -0.2) is 64.8 Å². The van der Waals surface area contributed by atoms with Crippen LogP contribution in [0.25, 0.3) is 0 Å². The van der Waals surface area contributed by atoms with E-state index in [0.29, 0.717) is 25.0 Å². The Morgan fingerprint density at radius 2 is 1.85 bits per heavy atom. The highest BCUT2D eigenvalue weighted by Crippen LogP contribution is 2.75. The van der Waals surface area contributed by atoms with E-state index in [1.807, 2.05) is 17.9 Å². The van der Waals surface area contributed by atoms with Crippen molar-refractivity contribution >= 4 is 6.03 Å². The molecule has 0 aromatic carbocycles. The molecule has 7 nitrogen and oxygen atoms in total. The number of hydrogen-bond donors (Lipinski definition) is 4. The van der Waals surface area contributed by atoms with Crippen molar-refractivity contribution in [2.75, 3.05) is 26.4 Å². The molecule has 5 aliphatic carbocycles. The summed E-state index contributed by atoms with van der Waals surface area (Å²) in [5.41, 5.74) is 10.4. The average Bonchev–Trinajstić information content (AvgIpc) is 2.90. The van der Waals surface area contributed by atoms with Crippen LogP contribution in [-0.2, 0) is 4.74 Å². The largest absolute Gasteiger partial charge is 0.509 e. The minimum absolute atomic E-state index is 0.00315. The summed E-state index contributed by atoms with van der Waals surface area (Å²) in [6, 6.07) is -0.311. The second kappa shape index (κ2) is 10.0. The molecule has 0 aliphatic heterocycles. The summed E-state index contributed by atoms with van der Waals surface area (Å²) in [4.78, 5) is 14.4. The summed E-state index contributed by atoms with van der Waals surface area (Å²) in [5.74, 6) is 0.888. The summed E-state index contributed by atoms with van der Waals surface area (Å²) in [5, 5.41) is 30.2. The average molecular weight is 555 g/mol. The lowest BCUT2D eigenvalue weighted by atomic mass is 9.35. The van der Waals surface area contributed by atoms with Crippen molar-refractivity contribution in [1.82, 2.24) is 4.90 Å². The van der Waals surface area contributed by atoms with Gasteiger partial charge in [-0.25, -0.2) is 4.79 Å². The summed E-state index contributed by atoms with van der Waals surface area (Å²) >= 11 is 0. The number of rotatable bonds is 6. The SMILES string of the molecule is CC1=C(O)C(O)C=C2C1=CC=C1[C@@]2(C)CC[C@@]2(C)[C@@H]3C[C@@H](C)C(N(CCOCCO)C(N)=O)C[C@]3(C)CC[C@]12C. The first-order chi connectivity index (χ1) is 18.7. The molecule has 0 bridgehead atoms. The minimum Gasteiger partial charge on any atom is -0.509 e. The topological polar surface area (TPSA) is 116 Å². The Labute approximate surface area is 239 Å². The van der Waals surface area contributed by atoms with Crippen LogP contribution in [0.2, 0.25) is 0 Å². The van der Waals surface area contributed by atoms with E-state index in [1.165, 1.54) is 11.1 Å². The third-order valence-corrected chi connectivity index (χ3v) is 12.4. The van der Waals surface area contributed by atoms with E-state index in [0.717, 1.165) is 49.7 Å². The van der Waals surface area contributed by atoms with Gasteiger partial charge in [-0.15, -0.1) is 0 Å². The van der Waals surface area contributed by atoms with Crippen molar-refractivity contribution in [2.24, 2.45) is 39.2 Å². The molecule has 2 amide bonds. The van der Waals surface area contributed by atoms with Gasteiger partial charge in [0.15, 0.2) is 0 Å². The Kier molecular flexibility index (Phi) is 7.37. The molecule has 0 heterocycles. The van der Waals surface area contributed by atoms with Crippen LogP contribution in [0.1, 0.15) is 80.1 Å². The fourth-order valence-corrected chi connectivity index (χ4v) is 9.88. The molecule has 5 aliphatic rings. The number of aliphatic hydroxyl groups excluding tert-OH is 3. The van der Waals surface area contributed by atoms with Crippen molar-refractivity contribution in [3.05, 3.63) is 46.3 Å². The molecule has 8 atom stereocenters. The molecule has 0 aromatic rings. The van der Waals surface area contributed by atoms with Gasteiger partial charge in [0.25, 0.3) is 0 Å². The predicted molar refractivity (Wildman–Crippen MR) is 156 cm³/mol. The maximum absolute atomic E-state index is 12.6. The Morgan fingerprint density at radius 3 is 2.52 bits per heavy atom. The van der Waals surface area contributed by atoms with E-state index in [4.69, 9.17) is 15.6 Å². The van der Waals surface area contributed by atoms with Crippen LogP contribution >= 0.6 is 0 Å². The molecule has 0 aromatic heterocycles. The number of primary amides is 1. The number of amides is 2. The van der Waals surface area contributed by atoms with Gasteiger partial charge in [-0.1, -0.05) is 52.3 Å². The quantitative estimate of drug-likeness (QED) is 0.328. The van der Waals surface area contributed by atoms with E-state index >= 15 is 0 Å².